The highest BCUT2D eigenvalue weighted by Crippen LogP contribution is 2.45. The van der Waals surface area contributed by atoms with Crippen LogP contribution in [0.4, 0.5) is 0 Å². The van der Waals surface area contributed by atoms with Gasteiger partial charge >= 0.3 is 39.5 Å². The third-order valence-electron chi connectivity index (χ3n) is 17.0. The minimum absolute atomic E-state index is 0.101. The number of carbonyl (C=O) groups excluding carboxylic acids is 4. The van der Waals surface area contributed by atoms with Gasteiger partial charge in [-0.15, -0.1) is 0 Å². The highest BCUT2D eigenvalue weighted by molar-refractivity contribution is 7.47. The first-order chi connectivity index (χ1) is 43.2. The molecular formula is C71H138O17P2. The molecule has 0 aromatic heterocycles. The summed E-state index contributed by atoms with van der Waals surface area (Å²) in [7, 11) is -9.90. The van der Waals surface area contributed by atoms with Crippen molar-refractivity contribution in [2.24, 2.45) is 23.7 Å². The quantitative estimate of drug-likeness (QED) is 0.0222. The highest BCUT2D eigenvalue weighted by atomic mass is 31.2. The number of unbranched alkanes of at least 4 members (excludes halogenated alkanes) is 32. The molecule has 4 unspecified atom stereocenters. The summed E-state index contributed by atoms with van der Waals surface area (Å²) in [6.45, 7) is 14.0. The van der Waals surface area contributed by atoms with Crippen LogP contribution < -0.4 is 0 Å². The summed E-state index contributed by atoms with van der Waals surface area (Å²) in [6.07, 6.45) is 43.5. The van der Waals surface area contributed by atoms with Crippen LogP contribution in [-0.4, -0.2) is 96.7 Å². The molecule has 0 aliphatic heterocycles. The van der Waals surface area contributed by atoms with Crippen molar-refractivity contribution in [1.29, 1.82) is 0 Å². The Morgan fingerprint density at radius 1 is 0.311 bits per heavy atom. The van der Waals surface area contributed by atoms with Gasteiger partial charge in [0.05, 0.1) is 26.4 Å². The molecule has 0 rings (SSSR count). The SMILES string of the molecule is CCC(C)CCCCCCCCC(=O)OC[C@H](COP(=O)(O)OC[C@@H](O)COP(=O)(O)OC[C@@H](COC(=O)CCCCCCCCC(C)C)OC(=O)CCCCCCCCC(C)CC)OC(=O)CCCCCCCCCCCCCCCCCCCCC(C)C. The fourth-order valence-electron chi connectivity index (χ4n) is 10.6. The van der Waals surface area contributed by atoms with E-state index in [0.29, 0.717) is 31.6 Å². The van der Waals surface area contributed by atoms with Crippen LogP contribution in [0.2, 0.25) is 0 Å². The van der Waals surface area contributed by atoms with Gasteiger partial charge in [0, 0.05) is 25.7 Å². The maximum atomic E-state index is 13.0. The first kappa shape index (κ1) is 88.1. The Kier molecular flexibility index (Phi) is 59.4. The number of esters is 4. The van der Waals surface area contributed by atoms with Gasteiger partial charge in [-0.3, -0.25) is 37.3 Å². The average molecular weight is 1330 g/mol. The summed E-state index contributed by atoms with van der Waals surface area (Å²) < 4.78 is 68.2. The third-order valence-corrected chi connectivity index (χ3v) is 18.9. The van der Waals surface area contributed by atoms with E-state index in [2.05, 4.69) is 55.4 Å². The van der Waals surface area contributed by atoms with Gasteiger partial charge < -0.3 is 33.8 Å². The molecule has 90 heavy (non-hydrogen) atoms. The summed E-state index contributed by atoms with van der Waals surface area (Å²) in [5.41, 5.74) is 0. The molecule has 0 aromatic carbocycles. The van der Waals surface area contributed by atoms with Crippen LogP contribution in [-0.2, 0) is 65.4 Å². The predicted octanol–water partition coefficient (Wildman–Crippen LogP) is 20.1. The van der Waals surface area contributed by atoms with E-state index in [9.17, 15) is 43.2 Å². The van der Waals surface area contributed by atoms with Gasteiger partial charge in [0.25, 0.3) is 0 Å². The van der Waals surface area contributed by atoms with Crippen LogP contribution in [0.5, 0.6) is 0 Å². The molecule has 7 atom stereocenters. The first-order valence-corrected chi connectivity index (χ1v) is 39.8. The Balaban J connectivity index is 5.16. The Hall–Kier alpha value is -1.94. The maximum absolute atomic E-state index is 13.0. The van der Waals surface area contributed by atoms with Crippen molar-refractivity contribution >= 4 is 39.5 Å². The van der Waals surface area contributed by atoms with Gasteiger partial charge in [-0.25, -0.2) is 9.13 Å². The van der Waals surface area contributed by atoms with E-state index in [4.69, 9.17) is 37.0 Å². The zero-order valence-corrected chi connectivity index (χ0v) is 60.6. The molecule has 0 spiro atoms. The van der Waals surface area contributed by atoms with Crippen LogP contribution in [0.1, 0.15) is 351 Å². The minimum atomic E-state index is -4.95. The second-order valence-electron chi connectivity index (χ2n) is 27.1. The number of phosphoric ester groups is 2. The van der Waals surface area contributed by atoms with Crippen molar-refractivity contribution in [2.75, 3.05) is 39.6 Å². The maximum Gasteiger partial charge on any atom is 0.472 e. The molecule has 0 radical (unpaired) electrons. The number of rotatable bonds is 68. The van der Waals surface area contributed by atoms with Crippen molar-refractivity contribution in [2.45, 2.75) is 369 Å². The molecule has 19 heteroatoms. The van der Waals surface area contributed by atoms with Gasteiger partial charge in [0.15, 0.2) is 12.2 Å². The van der Waals surface area contributed by atoms with Crippen LogP contribution in [0, 0.1) is 23.7 Å². The Morgan fingerprint density at radius 3 is 0.789 bits per heavy atom. The lowest BCUT2D eigenvalue weighted by atomic mass is 10.00. The normalized spacial score (nSPS) is 14.9. The highest BCUT2D eigenvalue weighted by Gasteiger charge is 2.30. The lowest BCUT2D eigenvalue weighted by Gasteiger charge is -2.21. The second kappa shape index (κ2) is 60.7. The van der Waals surface area contributed by atoms with Crippen molar-refractivity contribution in [3.63, 3.8) is 0 Å². The monoisotopic (exact) mass is 1320 g/mol. The first-order valence-electron chi connectivity index (χ1n) is 36.8. The molecule has 3 N–H and O–H groups in total. The lowest BCUT2D eigenvalue weighted by Crippen LogP contribution is -2.30. The summed E-state index contributed by atoms with van der Waals surface area (Å²) >= 11 is 0. The predicted molar refractivity (Wildman–Crippen MR) is 363 cm³/mol. The molecular weight excluding hydrogens is 1190 g/mol. The molecule has 0 aliphatic carbocycles. The van der Waals surface area contributed by atoms with E-state index in [1.54, 1.807) is 0 Å². The largest absolute Gasteiger partial charge is 0.472 e. The van der Waals surface area contributed by atoms with Gasteiger partial charge in [-0.05, 0) is 49.4 Å². The standard InChI is InChI=1S/C71H138O17P2/c1-9-63(7)49-41-33-26-29-36-44-52-69(74)82-57-66(87-70(75)53-45-37-24-22-20-18-16-14-12-11-13-15-17-19-21-23-31-39-47-61(3)4)59-85-89(77,78)83-55-65(72)56-84-90(79,80)86-60-67(58-81-68(73)51-43-35-28-25-32-40-48-62(5)6)88-71(76)54-46-38-30-27-34-42-50-64(8)10-2/h61-67,72H,9-60H2,1-8H3,(H,77,78)(H,79,80)/t63?,64?,65-,66-,67-/m1/s1. The summed E-state index contributed by atoms with van der Waals surface area (Å²) in [5.74, 6) is 0.816. The summed E-state index contributed by atoms with van der Waals surface area (Å²) in [4.78, 5) is 72.4. The van der Waals surface area contributed by atoms with Crippen molar-refractivity contribution in [3.8, 4) is 0 Å². The van der Waals surface area contributed by atoms with Crippen LogP contribution >= 0.6 is 15.6 Å². The van der Waals surface area contributed by atoms with Gasteiger partial charge in [0.2, 0.25) is 0 Å². The molecule has 0 aliphatic rings. The van der Waals surface area contributed by atoms with E-state index in [0.717, 1.165) is 120 Å². The molecule has 0 saturated carbocycles. The van der Waals surface area contributed by atoms with Crippen LogP contribution in [0.3, 0.4) is 0 Å². The summed E-state index contributed by atoms with van der Waals surface area (Å²) in [6, 6.07) is 0. The zero-order chi connectivity index (χ0) is 66.8. The third kappa shape index (κ3) is 62.2. The molecule has 0 amide bonds. The van der Waals surface area contributed by atoms with Crippen LogP contribution in [0.15, 0.2) is 0 Å². The lowest BCUT2D eigenvalue weighted by molar-refractivity contribution is -0.161. The number of carbonyl (C=O) groups is 4. The number of aliphatic hydroxyl groups excluding tert-OH is 1. The molecule has 0 aromatic rings. The molecule has 534 valence electrons. The van der Waals surface area contributed by atoms with Gasteiger partial charge in [0.1, 0.15) is 19.3 Å². The average Bonchev–Trinajstić information content (AvgIpc) is 3.70. The minimum Gasteiger partial charge on any atom is -0.462 e. The molecule has 0 bridgehead atoms. The Bertz CT molecular complexity index is 1790. The summed E-state index contributed by atoms with van der Waals surface area (Å²) in [5, 5.41) is 10.6. The van der Waals surface area contributed by atoms with Crippen molar-refractivity contribution in [1.82, 2.24) is 0 Å². The zero-order valence-electron chi connectivity index (χ0n) is 58.8. The van der Waals surface area contributed by atoms with E-state index in [-0.39, 0.29) is 25.7 Å². The van der Waals surface area contributed by atoms with E-state index >= 15 is 0 Å². The van der Waals surface area contributed by atoms with E-state index in [1.165, 1.54) is 141 Å². The number of hydrogen-bond acceptors (Lipinski definition) is 15. The van der Waals surface area contributed by atoms with Crippen molar-refractivity contribution in [3.05, 3.63) is 0 Å². The number of hydrogen-bond donors (Lipinski definition) is 3. The topological polar surface area (TPSA) is 237 Å². The van der Waals surface area contributed by atoms with Gasteiger partial charge in [-0.1, -0.05) is 299 Å². The number of aliphatic hydroxyl groups is 1. The van der Waals surface area contributed by atoms with E-state index < -0.39 is 97.5 Å². The van der Waals surface area contributed by atoms with Crippen molar-refractivity contribution < 1.29 is 80.2 Å². The molecule has 0 fully saturated rings. The number of phosphoric acid groups is 2. The second-order valence-corrected chi connectivity index (χ2v) is 30.0. The molecule has 0 saturated heterocycles. The fraction of sp³-hybridized carbons (Fsp3) is 0.944. The molecule has 0 heterocycles. The molecule has 17 nitrogen and oxygen atoms in total. The van der Waals surface area contributed by atoms with E-state index in [1.807, 2.05) is 0 Å². The van der Waals surface area contributed by atoms with Crippen LogP contribution in [0.25, 0.3) is 0 Å². The Morgan fingerprint density at radius 2 is 0.533 bits per heavy atom. The van der Waals surface area contributed by atoms with Gasteiger partial charge in [-0.2, -0.15) is 0 Å². The Labute approximate surface area is 549 Å². The fourth-order valence-corrected chi connectivity index (χ4v) is 12.2. The number of ether oxygens (including phenoxy) is 4. The smallest absolute Gasteiger partial charge is 0.462 e.